The summed E-state index contributed by atoms with van der Waals surface area (Å²) < 4.78 is 0. The molecule has 1 aliphatic carbocycles. The van der Waals surface area contributed by atoms with E-state index in [2.05, 4.69) is 47.6 Å². The Morgan fingerprint density at radius 1 is 1.22 bits per heavy atom. The average molecular weight is 244 g/mol. The van der Waals surface area contributed by atoms with Crippen molar-refractivity contribution in [3.05, 3.63) is 35.9 Å². The van der Waals surface area contributed by atoms with Crippen molar-refractivity contribution in [3.63, 3.8) is 0 Å². The maximum atomic E-state index is 3.50. The van der Waals surface area contributed by atoms with Gasteiger partial charge in [-0.1, -0.05) is 30.3 Å². The van der Waals surface area contributed by atoms with Crippen LogP contribution in [0.4, 0.5) is 0 Å². The molecule has 1 aromatic rings. The molecule has 0 spiro atoms. The Labute approximate surface area is 110 Å². The van der Waals surface area contributed by atoms with Crippen LogP contribution in [0.15, 0.2) is 30.3 Å². The number of likely N-dealkylation sites (tertiary alicyclic amines) is 1. The summed E-state index contributed by atoms with van der Waals surface area (Å²) in [6.07, 6.45) is 4.19. The minimum atomic E-state index is 0.722. The molecule has 1 saturated heterocycles. The molecule has 1 heterocycles. The van der Waals surface area contributed by atoms with Gasteiger partial charge in [0, 0.05) is 19.1 Å². The zero-order valence-corrected chi connectivity index (χ0v) is 11.3. The van der Waals surface area contributed by atoms with Gasteiger partial charge in [0.05, 0.1) is 0 Å². The average Bonchev–Trinajstić information content (AvgIpc) is 3.16. The van der Waals surface area contributed by atoms with Crippen molar-refractivity contribution in [1.29, 1.82) is 0 Å². The minimum Gasteiger partial charge on any atom is -0.315 e. The van der Waals surface area contributed by atoms with E-state index in [1.807, 2.05) is 0 Å². The van der Waals surface area contributed by atoms with Crippen LogP contribution in [0.1, 0.15) is 30.7 Å². The number of rotatable bonds is 5. The van der Waals surface area contributed by atoms with Gasteiger partial charge in [0.1, 0.15) is 0 Å². The molecule has 1 aromatic carbocycles. The Morgan fingerprint density at radius 3 is 2.67 bits per heavy atom. The largest absolute Gasteiger partial charge is 0.315 e. The summed E-state index contributed by atoms with van der Waals surface area (Å²) in [6.45, 7) is 3.75. The van der Waals surface area contributed by atoms with E-state index >= 15 is 0 Å². The second-order valence-corrected chi connectivity index (χ2v) is 5.89. The van der Waals surface area contributed by atoms with Gasteiger partial charge in [-0.05, 0) is 50.3 Å². The van der Waals surface area contributed by atoms with Crippen molar-refractivity contribution in [2.75, 3.05) is 26.7 Å². The molecule has 2 heteroatoms. The normalized spacial score (nSPS) is 26.4. The number of benzene rings is 1. The van der Waals surface area contributed by atoms with Crippen molar-refractivity contribution >= 4 is 0 Å². The first-order valence-electron chi connectivity index (χ1n) is 7.31. The van der Waals surface area contributed by atoms with E-state index in [1.54, 1.807) is 0 Å². The van der Waals surface area contributed by atoms with Crippen LogP contribution in [0, 0.1) is 5.92 Å². The van der Waals surface area contributed by atoms with Crippen LogP contribution in [-0.4, -0.2) is 37.6 Å². The van der Waals surface area contributed by atoms with Gasteiger partial charge in [0.15, 0.2) is 0 Å². The molecule has 18 heavy (non-hydrogen) atoms. The number of likely N-dealkylation sites (N-methyl/N-ethyl adjacent to an activating group) is 1. The molecule has 1 aliphatic heterocycles. The maximum absolute atomic E-state index is 3.50. The van der Waals surface area contributed by atoms with Crippen molar-refractivity contribution in [1.82, 2.24) is 10.2 Å². The first-order valence-corrected chi connectivity index (χ1v) is 7.31. The maximum Gasteiger partial charge on any atom is 0.0220 e. The highest BCUT2D eigenvalue weighted by atomic mass is 15.2. The van der Waals surface area contributed by atoms with Crippen LogP contribution in [0.25, 0.3) is 0 Å². The number of nitrogens with one attached hydrogen (secondary N) is 1. The smallest absolute Gasteiger partial charge is 0.0220 e. The van der Waals surface area contributed by atoms with Gasteiger partial charge in [-0.25, -0.2) is 0 Å². The standard InChI is InChI=1S/C16H24N2/c1-17-16(14-7-8-14)12-18-10-9-15(11-18)13-5-3-2-4-6-13/h2-6,14-17H,7-12H2,1H3. The van der Waals surface area contributed by atoms with Crippen molar-refractivity contribution in [2.45, 2.75) is 31.2 Å². The van der Waals surface area contributed by atoms with Gasteiger partial charge in [-0.15, -0.1) is 0 Å². The lowest BCUT2D eigenvalue weighted by atomic mass is 9.99. The molecular formula is C16H24N2. The van der Waals surface area contributed by atoms with Gasteiger partial charge >= 0.3 is 0 Å². The molecule has 1 N–H and O–H groups in total. The fourth-order valence-corrected chi connectivity index (χ4v) is 3.25. The van der Waals surface area contributed by atoms with Crippen molar-refractivity contribution in [3.8, 4) is 0 Å². The van der Waals surface area contributed by atoms with E-state index < -0.39 is 0 Å². The molecule has 0 bridgehead atoms. The summed E-state index contributed by atoms with van der Waals surface area (Å²) in [5.74, 6) is 1.70. The molecule has 0 aromatic heterocycles. The first-order chi connectivity index (χ1) is 8.86. The van der Waals surface area contributed by atoms with Crippen LogP contribution in [0.3, 0.4) is 0 Å². The summed E-state index contributed by atoms with van der Waals surface area (Å²) in [5, 5.41) is 3.50. The molecule has 2 atom stereocenters. The lowest BCUT2D eigenvalue weighted by molar-refractivity contribution is 0.279. The second-order valence-electron chi connectivity index (χ2n) is 5.89. The summed E-state index contributed by atoms with van der Waals surface area (Å²) in [7, 11) is 2.12. The fraction of sp³-hybridized carbons (Fsp3) is 0.625. The monoisotopic (exact) mass is 244 g/mol. The lowest BCUT2D eigenvalue weighted by Crippen LogP contribution is -2.39. The minimum absolute atomic E-state index is 0.722. The van der Waals surface area contributed by atoms with E-state index in [9.17, 15) is 0 Å². The second kappa shape index (κ2) is 5.41. The number of hydrogen-bond acceptors (Lipinski definition) is 2. The van der Waals surface area contributed by atoms with E-state index in [1.165, 1.54) is 44.5 Å². The van der Waals surface area contributed by atoms with Crippen LogP contribution in [0.2, 0.25) is 0 Å². The third kappa shape index (κ3) is 2.76. The topological polar surface area (TPSA) is 15.3 Å². The summed E-state index contributed by atoms with van der Waals surface area (Å²) in [4.78, 5) is 2.65. The highest BCUT2D eigenvalue weighted by molar-refractivity contribution is 5.21. The molecule has 98 valence electrons. The van der Waals surface area contributed by atoms with E-state index in [0.29, 0.717) is 0 Å². The number of nitrogens with zero attached hydrogens (tertiary/aromatic N) is 1. The van der Waals surface area contributed by atoms with Gasteiger partial charge in [0.2, 0.25) is 0 Å². The van der Waals surface area contributed by atoms with Crippen LogP contribution >= 0.6 is 0 Å². The molecule has 0 amide bonds. The predicted octanol–water partition coefficient (Wildman–Crippen LogP) is 2.47. The SMILES string of the molecule is CNC(CN1CCC(c2ccccc2)C1)C1CC1. The Balaban J connectivity index is 1.55. The Morgan fingerprint density at radius 2 is 2.00 bits per heavy atom. The van der Waals surface area contributed by atoms with Gasteiger partial charge in [-0.3, -0.25) is 0 Å². The highest BCUT2D eigenvalue weighted by Crippen LogP contribution is 2.34. The molecule has 3 rings (SSSR count). The molecule has 2 aliphatic rings. The predicted molar refractivity (Wildman–Crippen MR) is 75.8 cm³/mol. The first kappa shape index (κ1) is 12.2. The summed E-state index contributed by atoms with van der Waals surface area (Å²) in [6, 6.07) is 11.7. The third-order valence-corrected chi connectivity index (χ3v) is 4.56. The van der Waals surface area contributed by atoms with E-state index in [0.717, 1.165) is 17.9 Å². The number of hydrogen-bond donors (Lipinski definition) is 1. The fourth-order valence-electron chi connectivity index (χ4n) is 3.25. The zero-order chi connectivity index (χ0) is 12.4. The lowest BCUT2D eigenvalue weighted by Gasteiger charge is -2.23. The Bertz CT molecular complexity index is 372. The quantitative estimate of drug-likeness (QED) is 0.856. The van der Waals surface area contributed by atoms with Crippen LogP contribution in [0.5, 0.6) is 0 Å². The molecule has 2 fully saturated rings. The molecule has 2 unspecified atom stereocenters. The summed E-state index contributed by atoms with van der Waals surface area (Å²) >= 11 is 0. The van der Waals surface area contributed by atoms with Crippen LogP contribution < -0.4 is 5.32 Å². The van der Waals surface area contributed by atoms with Crippen LogP contribution in [-0.2, 0) is 0 Å². The van der Waals surface area contributed by atoms with Crippen molar-refractivity contribution in [2.24, 2.45) is 5.92 Å². The summed E-state index contributed by atoms with van der Waals surface area (Å²) in [5.41, 5.74) is 1.52. The third-order valence-electron chi connectivity index (χ3n) is 4.56. The highest BCUT2D eigenvalue weighted by Gasteiger charge is 2.33. The molecular weight excluding hydrogens is 220 g/mol. The van der Waals surface area contributed by atoms with Crippen molar-refractivity contribution < 1.29 is 0 Å². The Hall–Kier alpha value is -0.860. The van der Waals surface area contributed by atoms with Gasteiger partial charge in [0.25, 0.3) is 0 Å². The molecule has 1 saturated carbocycles. The zero-order valence-electron chi connectivity index (χ0n) is 11.3. The Kier molecular flexibility index (Phi) is 3.67. The van der Waals surface area contributed by atoms with E-state index in [4.69, 9.17) is 0 Å². The van der Waals surface area contributed by atoms with Gasteiger partial charge in [-0.2, -0.15) is 0 Å². The van der Waals surface area contributed by atoms with Gasteiger partial charge < -0.3 is 10.2 Å². The molecule has 2 nitrogen and oxygen atoms in total. The van der Waals surface area contributed by atoms with E-state index in [-0.39, 0.29) is 0 Å². The molecule has 0 radical (unpaired) electrons.